The predicted octanol–water partition coefficient (Wildman–Crippen LogP) is 2.77. The normalized spacial score (nSPS) is 14.8. The molecule has 0 unspecified atom stereocenters. The van der Waals surface area contributed by atoms with Crippen LogP contribution in [0.2, 0.25) is 0 Å². The van der Waals surface area contributed by atoms with Gasteiger partial charge < -0.3 is 15.0 Å². The van der Waals surface area contributed by atoms with E-state index in [1.165, 1.54) is 6.08 Å². The van der Waals surface area contributed by atoms with Crippen molar-refractivity contribution in [1.29, 1.82) is 0 Å². The smallest absolute Gasteiger partial charge is 0.255 e. The van der Waals surface area contributed by atoms with Crippen LogP contribution in [0.25, 0.3) is 6.08 Å². The molecule has 2 heterocycles. The number of nitrogens with one attached hydrogen (secondary N) is 1. The van der Waals surface area contributed by atoms with Crippen molar-refractivity contribution in [3.63, 3.8) is 0 Å². The zero-order valence-electron chi connectivity index (χ0n) is 16.0. The topological polar surface area (TPSA) is 71.5 Å². The molecule has 1 aromatic carbocycles. The van der Waals surface area contributed by atoms with Gasteiger partial charge in [-0.15, -0.1) is 0 Å². The van der Waals surface area contributed by atoms with E-state index in [0.717, 1.165) is 24.2 Å². The molecule has 146 valence electrons. The minimum absolute atomic E-state index is 0.0248. The highest BCUT2D eigenvalue weighted by atomic mass is 16.5. The zero-order valence-corrected chi connectivity index (χ0v) is 16.0. The molecule has 0 bridgehead atoms. The Kier molecular flexibility index (Phi) is 6.78. The van der Waals surface area contributed by atoms with Crippen LogP contribution in [0.1, 0.15) is 28.8 Å². The molecule has 1 saturated heterocycles. The van der Waals surface area contributed by atoms with Gasteiger partial charge in [0.2, 0.25) is 5.91 Å². The first kappa shape index (κ1) is 19.6. The summed E-state index contributed by atoms with van der Waals surface area (Å²) in [6.07, 6.45) is 8.33. The van der Waals surface area contributed by atoms with Gasteiger partial charge in [0.05, 0.1) is 12.7 Å². The van der Waals surface area contributed by atoms with E-state index in [1.54, 1.807) is 37.7 Å². The fourth-order valence-electron chi connectivity index (χ4n) is 3.23. The van der Waals surface area contributed by atoms with E-state index in [2.05, 4.69) is 10.3 Å². The van der Waals surface area contributed by atoms with Crippen LogP contribution in [0.3, 0.4) is 0 Å². The van der Waals surface area contributed by atoms with Crippen LogP contribution in [0.4, 0.5) is 0 Å². The average molecular weight is 379 g/mol. The third-order valence-corrected chi connectivity index (χ3v) is 4.90. The molecule has 6 nitrogen and oxygen atoms in total. The number of carbonyl (C=O) groups is 2. The van der Waals surface area contributed by atoms with Crippen LogP contribution in [-0.2, 0) is 4.79 Å². The molecule has 2 amide bonds. The molecule has 0 spiro atoms. The summed E-state index contributed by atoms with van der Waals surface area (Å²) < 4.78 is 5.18. The van der Waals surface area contributed by atoms with E-state index in [-0.39, 0.29) is 11.8 Å². The monoisotopic (exact) mass is 379 g/mol. The second-order valence-corrected chi connectivity index (χ2v) is 6.83. The quantitative estimate of drug-likeness (QED) is 0.784. The molecule has 2 aromatic rings. The van der Waals surface area contributed by atoms with Gasteiger partial charge in [0.25, 0.3) is 5.91 Å². The van der Waals surface area contributed by atoms with E-state index in [9.17, 15) is 9.59 Å². The highest BCUT2D eigenvalue weighted by molar-refractivity contribution is 5.94. The van der Waals surface area contributed by atoms with Crippen LogP contribution in [0, 0.1) is 5.92 Å². The Morgan fingerprint density at radius 2 is 2.07 bits per heavy atom. The van der Waals surface area contributed by atoms with E-state index in [1.807, 2.05) is 29.2 Å². The van der Waals surface area contributed by atoms with E-state index in [0.29, 0.717) is 31.1 Å². The molecule has 1 aliphatic rings. The van der Waals surface area contributed by atoms with Gasteiger partial charge in [0, 0.05) is 38.1 Å². The number of hydrogen-bond acceptors (Lipinski definition) is 4. The van der Waals surface area contributed by atoms with Crippen LogP contribution in [0.15, 0.2) is 54.9 Å². The maximum atomic E-state index is 12.4. The van der Waals surface area contributed by atoms with Crippen molar-refractivity contribution in [3.8, 4) is 5.75 Å². The third kappa shape index (κ3) is 5.42. The Morgan fingerprint density at radius 1 is 1.25 bits per heavy atom. The summed E-state index contributed by atoms with van der Waals surface area (Å²) in [5.74, 6) is 1.05. The second-order valence-electron chi connectivity index (χ2n) is 6.83. The maximum absolute atomic E-state index is 12.4. The number of aromatic nitrogens is 1. The molecule has 3 rings (SSSR count). The number of ether oxygens (including phenoxy) is 1. The van der Waals surface area contributed by atoms with Gasteiger partial charge in [-0.3, -0.25) is 14.6 Å². The summed E-state index contributed by atoms with van der Waals surface area (Å²) in [4.78, 5) is 30.4. The van der Waals surface area contributed by atoms with Crippen LogP contribution < -0.4 is 10.1 Å². The molecule has 0 atom stereocenters. The van der Waals surface area contributed by atoms with Gasteiger partial charge >= 0.3 is 0 Å². The zero-order chi connectivity index (χ0) is 19.8. The molecule has 1 N–H and O–H groups in total. The Balaban J connectivity index is 1.42. The molecule has 0 radical (unpaired) electrons. The Morgan fingerprint density at radius 3 is 2.79 bits per heavy atom. The van der Waals surface area contributed by atoms with Crippen molar-refractivity contribution in [3.05, 3.63) is 66.0 Å². The molecular formula is C22H25N3O3. The first-order valence-corrected chi connectivity index (χ1v) is 9.45. The standard InChI is InChI=1S/C22H25N3O3/c1-28-20-6-2-4-17(14-20)7-8-21(26)24-15-18-9-12-25(13-10-18)22(27)19-5-3-11-23-16-19/h2-8,11,14,16,18H,9-10,12-13,15H2,1H3,(H,24,26)/b8-7+. The maximum Gasteiger partial charge on any atom is 0.255 e. The number of hydrogen-bond donors (Lipinski definition) is 1. The molecule has 0 saturated carbocycles. The lowest BCUT2D eigenvalue weighted by Crippen LogP contribution is -2.41. The van der Waals surface area contributed by atoms with Crippen molar-refractivity contribution >= 4 is 17.9 Å². The molecule has 1 aromatic heterocycles. The molecule has 1 fully saturated rings. The lowest BCUT2D eigenvalue weighted by atomic mass is 9.96. The summed E-state index contributed by atoms with van der Waals surface area (Å²) in [5.41, 5.74) is 1.54. The number of piperidine rings is 1. The number of carbonyl (C=O) groups excluding carboxylic acids is 2. The van der Waals surface area contributed by atoms with E-state index < -0.39 is 0 Å². The number of likely N-dealkylation sites (tertiary alicyclic amines) is 1. The molecule has 28 heavy (non-hydrogen) atoms. The largest absolute Gasteiger partial charge is 0.497 e. The third-order valence-electron chi connectivity index (χ3n) is 4.90. The number of methoxy groups -OCH3 is 1. The van der Waals surface area contributed by atoms with Crippen molar-refractivity contribution < 1.29 is 14.3 Å². The summed E-state index contributed by atoms with van der Waals surface area (Å²) in [7, 11) is 1.62. The number of pyridine rings is 1. The lowest BCUT2D eigenvalue weighted by molar-refractivity contribution is -0.116. The van der Waals surface area contributed by atoms with Gasteiger partial charge in [0.15, 0.2) is 0 Å². The van der Waals surface area contributed by atoms with Gasteiger partial charge in [-0.1, -0.05) is 12.1 Å². The summed E-state index contributed by atoms with van der Waals surface area (Å²) >= 11 is 0. The number of amides is 2. The Labute approximate surface area is 165 Å². The first-order valence-electron chi connectivity index (χ1n) is 9.45. The van der Waals surface area contributed by atoms with Crippen molar-refractivity contribution in [1.82, 2.24) is 15.2 Å². The highest BCUT2D eigenvalue weighted by Crippen LogP contribution is 2.18. The van der Waals surface area contributed by atoms with E-state index >= 15 is 0 Å². The van der Waals surface area contributed by atoms with Gasteiger partial charge in [0.1, 0.15) is 5.75 Å². The van der Waals surface area contributed by atoms with Gasteiger partial charge in [-0.2, -0.15) is 0 Å². The van der Waals surface area contributed by atoms with Gasteiger partial charge in [-0.25, -0.2) is 0 Å². The number of benzene rings is 1. The molecule has 1 aliphatic heterocycles. The minimum Gasteiger partial charge on any atom is -0.497 e. The van der Waals surface area contributed by atoms with Crippen LogP contribution in [-0.4, -0.2) is 48.4 Å². The first-order chi connectivity index (χ1) is 13.7. The van der Waals surface area contributed by atoms with Gasteiger partial charge in [-0.05, 0) is 54.7 Å². The number of nitrogens with zero attached hydrogens (tertiary/aromatic N) is 2. The SMILES string of the molecule is COc1cccc(/C=C/C(=O)NCC2CCN(C(=O)c3cccnc3)CC2)c1. The van der Waals surface area contributed by atoms with Crippen molar-refractivity contribution in [2.45, 2.75) is 12.8 Å². The average Bonchev–Trinajstić information content (AvgIpc) is 2.77. The van der Waals surface area contributed by atoms with E-state index in [4.69, 9.17) is 4.74 Å². The summed E-state index contributed by atoms with van der Waals surface area (Å²) in [6, 6.07) is 11.1. The van der Waals surface area contributed by atoms with Crippen molar-refractivity contribution in [2.24, 2.45) is 5.92 Å². The fourth-order valence-corrected chi connectivity index (χ4v) is 3.23. The highest BCUT2D eigenvalue weighted by Gasteiger charge is 2.23. The minimum atomic E-state index is -0.114. The Hall–Kier alpha value is -3.15. The Bertz CT molecular complexity index is 828. The molecule has 6 heteroatoms. The lowest BCUT2D eigenvalue weighted by Gasteiger charge is -2.32. The molecule has 0 aliphatic carbocycles. The van der Waals surface area contributed by atoms with Crippen LogP contribution in [0.5, 0.6) is 5.75 Å². The predicted molar refractivity (Wildman–Crippen MR) is 108 cm³/mol. The fraction of sp³-hybridized carbons (Fsp3) is 0.318. The van der Waals surface area contributed by atoms with Crippen LogP contribution >= 0.6 is 0 Å². The van der Waals surface area contributed by atoms with Crippen molar-refractivity contribution in [2.75, 3.05) is 26.7 Å². The molecular weight excluding hydrogens is 354 g/mol. The summed E-state index contributed by atoms with van der Waals surface area (Å²) in [6.45, 7) is 2.03. The summed E-state index contributed by atoms with van der Waals surface area (Å²) in [5, 5.41) is 2.96. The number of rotatable bonds is 6. The second kappa shape index (κ2) is 9.69.